The fourth-order valence-electron chi connectivity index (χ4n) is 1.24. The summed E-state index contributed by atoms with van der Waals surface area (Å²) < 4.78 is 11.1. The lowest BCUT2D eigenvalue weighted by Gasteiger charge is -2.15. The maximum atomic E-state index is 5.73. The van der Waals surface area contributed by atoms with Gasteiger partial charge in [0.15, 0.2) is 11.5 Å². The van der Waals surface area contributed by atoms with Gasteiger partial charge in [0.25, 0.3) is 0 Å². The van der Waals surface area contributed by atoms with Crippen LogP contribution in [-0.4, -0.2) is 45.9 Å². The summed E-state index contributed by atoms with van der Waals surface area (Å²) in [4.78, 5) is 2.06. The molecule has 0 atom stereocenters. The van der Waals surface area contributed by atoms with E-state index in [1.165, 1.54) is 0 Å². The Kier molecular flexibility index (Phi) is 5.59. The van der Waals surface area contributed by atoms with Crippen LogP contribution in [0.5, 0.6) is 11.5 Å². The standard InChI is InChI=1S/C12H21N3O2/c1-14-9-17-11-5-4-10(13)8-12(11)16-7-6-15(2)3/h4-5,8,14H,6-7,9,13H2,1-3H3. The third-order valence-electron chi connectivity index (χ3n) is 2.14. The molecule has 5 heteroatoms. The molecular weight excluding hydrogens is 218 g/mol. The second kappa shape index (κ2) is 6.98. The smallest absolute Gasteiger partial charge is 0.163 e. The third-order valence-corrected chi connectivity index (χ3v) is 2.14. The first-order valence-electron chi connectivity index (χ1n) is 5.58. The summed E-state index contributed by atoms with van der Waals surface area (Å²) in [5, 5.41) is 2.92. The quantitative estimate of drug-likeness (QED) is 0.543. The van der Waals surface area contributed by atoms with Crippen LogP contribution >= 0.6 is 0 Å². The molecule has 1 aromatic rings. The van der Waals surface area contributed by atoms with Crippen molar-refractivity contribution in [2.24, 2.45) is 0 Å². The van der Waals surface area contributed by atoms with Gasteiger partial charge in [-0.1, -0.05) is 0 Å². The topological polar surface area (TPSA) is 59.8 Å². The molecule has 1 aromatic carbocycles. The number of rotatable bonds is 7. The van der Waals surface area contributed by atoms with E-state index in [-0.39, 0.29) is 0 Å². The zero-order valence-corrected chi connectivity index (χ0v) is 10.7. The van der Waals surface area contributed by atoms with Gasteiger partial charge in [-0.25, -0.2) is 0 Å². The van der Waals surface area contributed by atoms with Crippen molar-refractivity contribution in [2.75, 3.05) is 46.8 Å². The Labute approximate surface area is 102 Å². The lowest BCUT2D eigenvalue weighted by Crippen LogP contribution is -2.20. The molecule has 0 aliphatic heterocycles. The molecule has 0 amide bonds. The molecule has 5 nitrogen and oxygen atoms in total. The molecule has 0 bridgehead atoms. The lowest BCUT2D eigenvalue weighted by molar-refractivity contribution is 0.236. The number of hydrogen-bond acceptors (Lipinski definition) is 5. The van der Waals surface area contributed by atoms with Crippen LogP contribution in [0.15, 0.2) is 18.2 Å². The number of benzene rings is 1. The average Bonchev–Trinajstić information content (AvgIpc) is 2.27. The average molecular weight is 239 g/mol. The monoisotopic (exact) mass is 239 g/mol. The molecule has 1 rings (SSSR count). The van der Waals surface area contributed by atoms with E-state index in [0.717, 1.165) is 6.54 Å². The molecule has 0 spiro atoms. The van der Waals surface area contributed by atoms with Gasteiger partial charge in [-0.2, -0.15) is 0 Å². The minimum atomic E-state index is 0.438. The molecule has 0 unspecified atom stereocenters. The molecule has 17 heavy (non-hydrogen) atoms. The third kappa shape index (κ3) is 4.93. The highest BCUT2D eigenvalue weighted by Crippen LogP contribution is 2.29. The van der Waals surface area contributed by atoms with Crippen molar-refractivity contribution in [3.8, 4) is 11.5 Å². The Morgan fingerprint density at radius 3 is 2.65 bits per heavy atom. The van der Waals surface area contributed by atoms with Crippen molar-refractivity contribution in [1.82, 2.24) is 10.2 Å². The fraction of sp³-hybridized carbons (Fsp3) is 0.500. The van der Waals surface area contributed by atoms with Gasteiger partial charge >= 0.3 is 0 Å². The van der Waals surface area contributed by atoms with E-state index in [1.54, 1.807) is 12.1 Å². The molecule has 0 aliphatic carbocycles. The van der Waals surface area contributed by atoms with E-state index in [0.29, 0.717) is 30.5 Å². The highest BCUT2D eigenvalue weighted by Gasteiger charge is 2.05. The van der Waals surface area contributed by atoms with Gasteiger partial charge in [-0.15, -0.1) is 0 Å². The Balaban J connectivity index is 2.62. The van der Waals surface area contributed by atoms with Gasteiger partial charge in [-0.05, 0) is 33.3 Å². The maximum Gasteiger partial charge on any atom is 0.163 e. The number of nitrogens with one attached hydrogen (secondary N) is 1. The molecular formula is C12H21N3O2. The summed E-state index contributed by atoms with van der Waals surface area (Å²) >= 11 is 0. The number of nitrogen functional groups attached to an aromatic ring is 1. The van der Waals surface area contributed by atoms with Crippen molar-refractivity contribution < 1.29 is 9.47 Å². The summed E-state index contributed by atoms with van der Waals surface area (Å²) in [6.45, 7) is 1.89. The van der Waals surface area contributed by atoms with Crippen molar-refractivity contribution in [3.63, 3.8) is 0 Å². The summed E-state index contributed by atoms with van der Waals surface area (Å²) in [5.41, 5.74) is 6.39. The summed E-state index contributed by atoms with van der Waals surface area (Å²) in [5.74, 6) is 1.38. The van der Waals surface area contributed by atoms with E-state index in [2.05, 4.69) is 10.2 Å². The van der Waals surface area contributed by atoms with E-state index < -0.39 is 0 Å². The van der Waals surface area contributed by atoms with Crippen LogP contribution in [0, 0.1) is 0 Å². The van der Waals surface area contributed by atoms with Crippen molar-refractivity contribution in [3.05, 3.63) is 18.2 Å². The Morgan fingerprint density at radius 2 is 2.00 bits per heavy atom. The minimum absolute atomic E-state index is 0.438. The van der Waals surface area contributed by atoms with Gasteiger partial charge in [0, 0.05) is 18.3 Å². The Hall–Kier alpha value is -1.46. The lowest BCUT2D eigenvalue weighted by atomic mass is 10.3. The highest BCUT2D eigenvalue weighted by atomic mass is 16.5. The molecule has 0 fully saturated rings. The number of ether oxygens (including phenoxy) is 2. The molecule has 0 saturated carbocycles. The summed E-state index contributed by atoms with van der Waals surface area (Å²) in [7, 11) is 5.83. The van der Waals surface area contributed by atoms with Crippen molar-refractivity contribution >= 4 is 5.69 Å². The van der Waals surface area contributed by atoms with Crippen LogP contribution in [0.4, 0.5) is 5.69 Å². The molecule has 0 saturated heterocycles. The predicted molar refractivity (Wildman–Crippen MR) is 69.5 cm³/mol. The van der Waals surface area contributed by atoms with Gasteiger partial charge in [0.1, 0.15) is 13.3 Å². The minimum Gasteiger partial charge on any atom is -0.488 e. The first-order valence-corrected chi connectivity index (χ1v) is 5.58. The Bertz CT molecular complexity index is 343. The zero-order chi connectivity index (χ0) is 12.7. The van der Waals surface area contributed by atoms with Crippen LogP contribution in [0.25, 0.3) is 0 Å². The van der Waals surface area contributed by atoms with Crippen molar-refractivity contribution in [2.45, 2.75) is 0 Å². The van der Waals surface area contributed by atoms with Crippen LogP contribution in [-0.2, 0) is 0 Å². The number of likely N-dealkylation sites (N-methyl/N-ethyl adjacent to an activating group) is 1. The normalized spacial score (nSPS) is 10.6. The number of nitrogens with two attached hydrogens (primary N) is 1. The fourth-order valence-corrected chi connectivity index (χ4v) is 1.24. The molecule has 3 N–H and O–H groups in total. The van der Waals surface area contributed by atoms with Gasteiger partial charge in [0.2, 0.25) is 0 Å². The molecule has 0 heterocycles. The van der Waals surface area contributed by atoms with E-state index in [9.17, 15) is 0 Å². The van der Waals surface area contributed by atoms with Gasteiger partial charge in [0.05, 0.1) is 0 Å². The number of anilines is 1. The second-order valence-electron chi connectivity index (χ2n) is 4.00. The number of nitrogens with zero attached hydrogens (tertiary/aromatic N) is 1. The first-order chi connectivity index (χ1) is 8.13. The molecule has 0 aliphatic rings. The molecule has 0 radical (unpaired) electrons. The van der Waals surface area contributed by atoms with Crippen molar-refractivity contribution in [1.29, 1.82) is 0 Å². The van der Waals surface area contributed by atoms with Crippen LogP contribution in [0.1, 0.15) is 0 Å². The molecule has 0 aromatic heterocycles. The number of hydrogen-bond donors (Lipinski definition) is 2. The highest BCUT2D eigenvalue weighted by molar-refractivity contribution is 5.51. The maximum absolute atomic E-state index is 5.73. The largest absolute Gasteiger partial charge is 0.488 e. The summed E-state index contributed by atoms with van der Waals surface area (Å²) in [6.07, 6.45) is 0. The van der Waals surface area contributed by atoms with E-state index in [4.69, 9.17) is 15.2 Å². The van der Waals surface area contributed by atoms with Gasteiger partial charge in [-0.3, -0.25) is 5.32 Å². The van der Waals surface area contributed by atoms with Crippen LogP contribution in [0.3, 0.4) is 0 Å². The SMILES string of the molecule is CNCOc1ccc(N)cc1OCCN(C)C. The molecule has 96 valence electrons. The van der Waals surface area contributed by atoms with Gasteiger partial charge < -0.3 is 20.1 Å². The Morgan fingerprint density at radius 1 is 1.24 bits per heavy atom. The second-order valence-corrected chi connectivity index (χ2v) is 4.00. The van der Waals surface area contributed by atoms with Crippen LogP contribution < -0.4 is 20.5 Å². The van der Waals surface area contributed by atoms with E-state index >= 15 is 0 Å². The zero-order valence-electron chi connectivity index (χ0n) is 10.7. The first kappa shape index (κ1) is 13.6. The van der Waals surface area contributed by atoms with Crippen LogP contribution in [0.2, 0.25) is 0 Å². The summed E-state index contributed by atoms with van der Waals surface area (Å²) in [6, 6.07) is 5.39. The predicted octanol–water partition coefficient (Wildman–Crippen LogP) is 0.765. The van der Waals surface area contributed by atoms with E-state index in [1.807, 2.05) is 27.2 Å².